The summed E-state index contributed by atoms with van der Waals surface area (Å²) in [7, 11) is 0. The van der Waals surface area contributed by atoms with Crippen LogP contribution in [0.25, 0.3) is 5.69 Å². The Labute approximate surface area is 132 Å². The summed E-state index contributed by atoms with van der Waals surface area (Å²) < 4.78 is 1.30. The lowest BCUT2D eigenvalue weighted by molar-refractivity contribution is -0.384. The zero-order valence-electron chi connectivity index (χ0n) is 12.8. The number of para-hydroxylation sites is 2. The van der Waals surface area contributed by atoms with Crippen molar-refractivity contribution in [3.8, 4) is 5.69 Å². The third-order valence-electron chi connectivity index (χ3n) is 3.65. The van der Waals surface area contributed by atoms with Gasteiger partial charge in [-0.15, -0.1) is 0 Å². The van der Waals surface area contributed by atoms with E-state index in [2.05, 4.69) is 10.4 Å². The molecule has 0 radical (unpaired) electrons. The van der Waals surface area contributed by atoms with Crippen molar-refractivity contribution in [1.29, 1.82) is 0 Å². The molecular formula is C15H18N4O4. The summed E-state index contributed by atoms with van der Waals surface area (Å²) >= 11 is 0. The monoisotopic (exact) mass is 318 g/mol. The van der Waals surface area contributed by atoms with Crippen LogP contribution in [0, 0.1) is 16.0 Å². The summed E-state index contributed by atoms with van der Waals surface area (Å²) in [6.45, 7) is 3.57. The number of carbonyl (C=O) groups excluding carboxylic acids is 1. The van der Waals surface area contributed by atoms with Crippen LogP contribution in [0.15, 0.2) is 36.5 Å². The molecule has 0 aliphatic rings. The maximum Gasteiger partial charge on any atom is 0.294 e. The number of nitrogens with one attached hydrogen (secondary N) is 1. The normalized spacial score (nSPS) is 13.3. The van der Waals surface area contributed by atoms with E-state index in [9.17, 15) is 14.9 Å². The quantitative estimate of drug-likeness (QED) is 0.620. The maximum atomic E-state index is 12.1. The number of hydrogen-bond acceptors (Lipinski definition) is 5. The molecule has 2 N–H and O–H groups in total. The molecule has 1 amide bonds. The highest BCUT2D eigenvalue weighted by molar-refractivity contribution is 5.92. The first-order valence-electron chi connectivity index (χ1n) is 7.15. The van der Waals surface area contributed by atoms with Crippen molar-refractivity contribution in [2.45, 2.75) is 19.9 Å². The SMILES string of the molecule is CC(CO)C(C)NC(=O)c1ccn(-c2ccccc2[N+](=O)[O-])n1. The highest BCUT2D eigenvalue weighted by atomic mass is 16.6. The molecular weight excluding hydrogens is 300 g/mol. The van der Waals surface area contributed by atoms with Gasteiger partial charge < -0.3 is 10.4 Å². The molecule has 0 saturated heterocycles. The molecule has 0 fully saturated rings. The third kappa shape index (κ3) is 3.72. The number of benzene rings is 1. The fourth-order valence-electron chi connectivity index (χ4n) is 1.97. The van der Waals surface area contributed by atoms with Gasteiger partial charge in [0.25, 0.3) is 11.6 Å². The maximum absolute atomic E-state index is 12.1. The topological polar surface area (TPSA) is 110 Å². The number of aromatic nitrogens is 2. The first-order chi connectivity index (χ1) is 10.9. The second kappa shape index (κ2) is 7.01. The molecule has 8 nitrogen and oxygen atoms in total. The Morgan fingerprint density at radius 2 is 2.09 bits per heavy atom. The number of amides is 1. The third-order valence-corrected chi connectivity index (χ3v) is 3.65. The molecule has 0 aliphatic carbocycles. The Bertz CT molecular complexity index is 713. The van der Waals surface area contributed by atoms with E-state index in [1.165, 1.54) is 23.0 Å². The van der Waals surface area contributed by atoms with E-state index in [4.69, 9.17) is 5.11 Å². The molecule has 1 aromatic heterocycles. The van der Waals surface area contributed by atoms with Crippen LogP contribution in [0.3, 0.4) is 0 Å². The fraction of sp³-hybridized carbons (Fsp3) is 0.333. The zero-order chi connectivity index (χ0) is 17.0. The minimum Gasteiger partial charge on any atom is -0.396 e. The van der Waals surface area contributed by atoms with Crippen molar-refractivity contribution in [3.05, 3.63) is 52.3 Å². The average molecular weight is 318 g/mol. The predicted molar refractivity (Wildman–Crippen MR) is 83.4 cm³/mol. The number of carbonyl (C=O) groups is 1. The van der Waals surface area contributed by atoms with Crippen molar-refractivity contribution in [1.82, 2.24) is 15.1 Å². The van der Waals surface area contributed by atoms with Crippen molar-refractivity contribution in [3.63, 3.8) is 0 Å². The second-order valence-electron chi connectivity index (χ2n) is 5.31. The molecule has 0 aliphatic heterocycles. The van der Waals surface area contributed by atoms with Gasteiger partial charge in [-0.1, -0.05) is 19.1 Å². The molecule has 1 aromatic carbocycles. The average Bonchev–Trinajstić information content (AvgIpc) is 3.03. The standard InChI is InChI=1S/C15H18N4O4/c1-10(9-20)11(2)16-15(21)12-7-8-18(17-12)13-5-3-4-6-14(13)19(22)23/h3-8,10-11,20H,9H2,1-2H3,(H,16,21). The van der Waals surface area contributed by atoms with E-state index < -0.39 is 10.8 Å². The Morgan fingerprint density at radius 1 is 1.39 bits per heavy atom. The first-order valence-corrected chi connectivity index (χ1v) is 7.15. The molecule has 122 valence electrons. The number of aliphatic hydroxyl groups is 1. The van der Waals surface area contributed by atoms with Gasteiger partial charge in [-0.3, -0.25) is 14.9 Å². The summed E-state index contributed by atoms with van der Waals surface area (Å²) in [5, 5.41) is 27.0. The van der Waals surface area contributed by atoms with Gasteiger partial charge in [-0.2, -0.15) is 5.10 Å². The number of nitrogens with zero attached hydrogens (tertiary/aromatic N) is 3. The van der Waals surface area contributed by atoms with E-state index in [0.29, 0.717) is 0 Å². The molecule has 0 spiro atoms. The Morgan fingerprint density at radius 3 is 2.74 bits per heavy atom. The zero-order valence-corrected chi connectivity index (χ0v) is 12.8. The lowest BCUT2D eigenvalue weighted by Gasteiger charge is -2.18. The van der Waals surface area contributed by atoms with Gasteiger partial charge in [0.05, 0.1) is 4.92 Å². The fourth-order valence-corrected chi connectivity index (χ4v) is 1.97. The van der Waals surface area contributed by atoms with E-state index in [1.54, 1.807) is 25.1 Å². The second-order valence-corrected chi connectivity index (χ2v) is 5.31. The lowest BCUT2D eigenvalue weighted by Crippen LogP contribution is -2.38. The molecule has 23 heavy (non-hydrogen) atoms. The number of hydrogen-bond donors (Lipinski definition) is 2. The van der Waals surface area contributed by atoms with Crippen LogP contribution in [0.1, 0.15) is 24.3 Å². The van der Waals surface area contributed by atoms with Gasteiger partial charge in [0.15, 0.2) is 5.69 Å². The number of nitro benzene ring substituents is 1. The van der Waals surface area contributed by atoms with Crippen molar-refractivity contribution >= 4 is 11.6 Å². The summed E-state index contributed by atoms with van der Waals surface area (Å²) in [5.41, 5.74) is 0.346. The minimum atomic E-state index is -0.498. The summed E-state index contributed by atoms with van der Waals surface area (Å²) in [5.74, 6) is -0.480. The largest absolute Gasteiger partial charge is 0.396 e. The molecule has 0 saturated carbocycles. The smallest absolute Gasteiger partial charge is 0.294 e. The van der Waals surface area contributed by atoms with Crippen LogP contribution < -0.4 is 5.32 Å². The Hall–Kier alpha value is -2.74. The molecule has 2 unspecified atom stereocenters. The molecule has 0 bridgehead atoms. The number of rotatable bonds is 6. The summed E-state index contributed by atoms with van der Waals surface area (Å²) in [6, 6.07) is 7.43. The highest BCUT2D eigenvalue weighted by Crippen LogP contribution is 2.21. The minimum absolute atomic E-state index is 0.0356. The number of nitro groups is 1. The summed E-state index contributed by atoms with van der Waals surface area (Å²) in [6.07, 6.45) is 1.50. The molecule has 2 rings (SSSR count). The highest BCUT2D eigenvalue weighted by Gasteiger charge is 2.19. The van der Waals surface area contributed by atoms with Crippen LogP contribution in [0.4, 0.5) is 5.69 Å². The van der Waals surface area contributed by atoms with Gasteiger partial charge in [0.1, 0.15) is 5.69 Å². The van der Waals surface area contributed by atoms with Crippen LogP contribution in [-0.2, 0) is 0 Å². The van der Waals surface area contributed by atoms with Crippen LogP contribution in [-0.4, -0.2) is 38.4 Å². The van der Waals surface area contributed by atoms with Gasteiger partial charge in [0.2, 0.25) is 0 Å². The Kier molecular flexibility index (Phi) is 5.07. The van der Waals surface area contributed by atoms with Crippen molar-refractivity contribution < 1.29 is 14.8 Å². The van der Waals surface area contributed by atoms with E-state index in [-0.39, 0.29) is 35.6 Å². The van der Waals surface area contributed by atoms with Gasteiger partial charge in [-0.25, -0.2) is 4.68 Å². The predicted octanol–water partition coefficient (Wildman–Crippen LogP) is 1.53. The Balaban J connectivity index is 2.21. The van der Waals surface area contributed by atoms with Gasteiger partial charge in [-0.05, 0) is 25.0 Å². The van der Waals surface area contributed by atoms with Crippen molar-refractivity contribution in [2.24, 2.45) is 5.92 Å². The number of aliphatic hydroxyl groups excluding tert-OH is 1. The van der Waals surface area contributed by atoms with Crippen molar-refractivity contribution in [2.75, 3.05) is 6.61 Å². The van der Waals surface area contributed by atoms with Crippen LogP contribution in [0.2, 0.25) is 0 Å². The summed E-state index contributed by atoms with van der Waals surface area (Å²) in [4.78, 5) is 22.7. The van der Waals surface area contributed by atoms with E-state index >= 15 is 0 Å². The molecule has 1 heterocycles. The first kappa shape index (κ1) is 16.6. The van der Waals surface area contributed by atoms with E-state index in [1.807, 2.05) is 6.92 Å². The molecule has 8 heteroatoms. The van der Waals surface area contributed by atoms with Crippen LogP contribution in [0.5, 0.6) is 0 Å². The van der Waals surface area contributed by atoms with Gasteiger partial charge >= 0.3 is 0 Å². The lowest BCUT2D eigenvalue weighted by atomic mass is 10.1. The molecule has 2 aromatic rings. The van der Waals surface area contributed by atoms with Gasteiger partial charge in [0, 0.05) is 24.9 Å². The van der Waals surface area contributed by atoms with E-state index in [0.717, 1.165) is 0 Å². The van der Waals surface area contributed by atoms with Crippen LogP contribution >= 0.6 is 0 Å². The molecule has 2 atom stereocenters.